The molecule has 0 aromatic heterocycles. The molecule has 1 aliphatic rings. The number of amides is 2. The molecule has 0 unspecified atom stereocenters. The molecule has 5 heteroatoms. The molecule has 2 aromatic carbocycles. The van der Waals surface area contributed by atoms with Gasteiger partial charge in [-0.1, -0.05) is 24.3 Å². The van der Waals surface area contributed by atoms with Crippen molar-refractivity contribution in [3.63, 3.8) is 0 Å². The minimum absolute atomic E-state index is 0.0307. The first-order chi connectivity index (χ1) is 12.7. The zero-order chi connectivity index (χ0) is 19.8. The third-order valence-electron chi connectivity index (χ3n) is 4.55. The summed E-state index contributed by atoms with van der Waals surface area (Å²) < 4.78 is 5.30. The molecule has 1 heterocycles. The van der Waals surface area contributed by atoms with E-state index in [9.17, 15) is 9.59 Å². The summed E-state index contributed by atoms with van der Waals surface area (Å²) in [7, 11) is 0. The number of nitrogens with one attached hydrogen (secondary N) is 1. The van der Waals surface area contributed by atoms with Crippen molar-refractivity contribution < 1.29 is 14.3 Å². The average molecular weight is 366 g/mol. The van der Waals surface area contributed by atoms with Crippen LogP contribution >= 0.6 is 0 Å². The second-order valence-electron chi connectivity index (χ2n) is 7.92. The lowest BCUT2D eigenvalue weighted by Gasteiger charge is -2.32. The van der Waals surface area contributed by atoms with Gasteiger partial charge in [-0.3, -0.25) is 4.79 Å². The van der Waals surface area contributed by atoms with Crippen molar-refractivity contribution in [2.45, 2.75) is 53.3 Å². The van der Waals surface area contributed by atoms with E-state index in [0.29, 0.717) is 13.1 Å². The molecule has 2 amide bonds. The molecule has 0 saturated heterocycles. The first-order valence-corrected chi connectivity index (χ1v) is 9.12. The van der Waals surface area contributed by atoms with Gasteiger partial charge in [0.05, 0.1) is 12.2 Å². The number of carbonyl (C=O) groups is 2. The number of anilines is 1. The van der Waals surface area contributed by atoms with E-state index < -0.39 is 11.7 Å². The van der Waals surface area contributed by atoms with Gasteiger partial charge < -0.3 is 15.0 Å². The van der Waals surface area contributed by atoms with Gasteiger partial charge in [-0.25, -0.2) is 4.79 Å². The Kier molecular flexibility index (Phi) is 4.96. The van der Waals surface area contributed by atoms with Gasteiger partial charge in [0.25, 0.3) is 0 Å². The molecule has 1 aliphatic heterocycles. The monoisotopic (exact) mass is 366 g/mol. The van der Waals surface area contributed by atoms with Gasteiger partial charge in [0.15, 0.2) is 0 Å². The largest absolute Gasteiger partial charge is 0.444 e. The summed E-state index contributed by atoms with van der Waals surface area (Å²) in [6.07, 6.45) is -0.430. The first kappa shape index (κ1) is 19.0. The van der Waals surface area contributed by atoms with Crippen molar-refractivity contribution in [2.75, 3.05) is 4.90 Å². The number of alkyl carbamates (subject to hydrolysis) is 1. The number of hydrogen-bond acceptors (Lipinski definition) is 3. The Hall–Kier alpha value is -2.82. The molecule has 0 saturated carbocycles. The van der Waals surface area contributed by atoms with E-state index in [1.165, 1.54) is 0 Å². The summed E-state index contributed by atoms with van der Waals surface area (Å²) in [5.74, 6) is 0.0307. The molecule has 0 atom stereocenters. The Bertz CT molecular complexity index is 897. The Labute approximate surface area is 160 Å². The van der Waals surface area contributed by atoms with E-state index in [4.69, 9.17) is 4.74 Å². The molecule has 5 nitrogen and oxygen atoms in total. The molecule has 0 bridgehead atoms. The maximum absolute atomic E-state index is 12.1. The Morgan fingerprint density at radius 3 is 2.52 bits per heavy atom. The fourth-order valence-electron chi connectivity index (χ4n) is 3.39. The lowest BCUT2D eigenvalue weighted by Crippen LogP contribution is -2.32. The molecule has 0 spiro atoms. The highest BCUT2D eigenvalue weighted by Crippen LogP contribution is 2.40. The second-order valence-corrected chi connectivity index (χ2v) is 7.92. The van der Waals surface area contributed by atoms with E-state index in [1.54, 1.807) is 6.92 Å². The van der Waals surface area contributed by atoms with E-state index in [0.717, 1.165) is 33.5 Å². The number of benzene rings is 2. The summed E-state index contributed by atoms with van der Waals surface area (Å²) in [6, 6.07) is 12.1. The molecular weight excluding hydrogens is 340 g/mol. The summed E-state index contributed by atoms with van der Waals surface area (Å²) in [4.78, 5) is 25.9. The normalized spacial score (nSPS) is 12.9. The number of ether oxygens (including phenoxy) is 1. The highest BCUT2D eigenvalue weighted by atomic mass is 16.6. The smallest absolute Gasteiger partial charge is 0.407 e. The number of para-hydroxylation sites is 1. The third-order valence-corrected chi connectivity index (χ3v) is 4.55. The molecular formula is C22H26N2O3. The highest BCUT2D eigenvalue weighted by molar-refractivity contribution is 5.99. The predicted molar refractivity (Wildman–Crippen MR) is 107 cm³/mol. The van der Waals surface area contributed by atoms with E-state index in [-0.39, 0.29) is 5.91 Å². The van der Waals surface area contributed by atoms with E-state index in [2.05, 4.69) is 17.4 Å². The van der Waals surface area contributed by atoms with Gasteiger partial charge >= 0.3 is 6.09 Å². The maximum atomic E-state index is 12.1. The number of nitrogens with zero attached hydrogens (tertiary/aromatic N) is 1. The van der Waals surface area contributed by atoms with Crippen LogP contribution in [0.4, 0.5) is 10.5 Å². The van der Waals surface area contributed by atoms with Crippen LogP contribution in [-0.2, 0) is 22.6 Å². The van der Waals surface area contributed by atoms with Crippen LogP contribution in [0.5, 0.6) is 0 Å². The fourth-order valence-corrected chi connectivity index (χ4v) is 3.39. The summed E-state index contributed by atoms with van der Waals surface area (Å²) >= 11 is 0. The van der Waals surface area contributed by atoms with Crippen molar-refractivity contribution in [1.82, 2.24) is 5.32 Å². The van der Waals surface area contributed by atoms with Gasteiger partial charge in [0.2, 0.25) is 5.91 Å². The van der Waals surface area contributed by atoms with Crippen molar-refractivity contribution in [2.24, 2.45) is 0 Å². The van der Waals surface area contributed by atoms with E-state index >= 15 is 0 Å². The Morgan fingerprint density at radius 1 is 1.15 bits per heavy atom. The average Bonchev–Trinajstić information content (AvgIpc) is 2.58. The molecule has 0 radical (unpaired) electrons. The highest BCUT2D eigenvalue weighted by Gasteiger charge is 2.26. The van der Waals surface area contributed by atoms with Crippen LogP contribution in [0.15, 0.2) is 36.4 Å². The molecule has 3 rings (SSSR count). The van der Waals surface area contributed by atoms with Gasteiger partial charge in [-0.2, -0.15) is 0 Å². The number of carbonyl (C=O) groups excluding carboxylic acids is 2. The molecule has 1 N–H and O–H groups in total. The lowest BCUT2D eigenvalue weighted by atomic mass is 9.88. The summed E-state index contributed by atoms with van der Waals surface area (Å²) in [5.41, 5.74) is 5.81. The Morgan fingerprint density at radius 2 is 1.85 bits per heavy atom. The SMILES string of the molecule is CC(=O)N1Cc2c(C)cc(CNC(=O)OC(C)(C)C)cc2-c2ccccc21. The van der Waals surface area contributed by atoms with Crippen LogP contribution in [0.3, 0.4) is 0 Å². The van der Waals surface area contributed by atoms with Crippen LogP contribution in [0.2, 0.25) is 0 Å². The third kappa shape index (κ3) is 4.13. The summed E-state index contributed by atoms with van der Waals surface area (Å²) in [6.45, 7) is 10.1. The van der Waals surface area contributed by atoms with Gasteiger partial charge in [0, 0.05) is 19.0 Å². The van der Waals surface area contributed by atoms with Crippen LogP contribution in [0.25, 0.3) is 11.1 Å². The molecule has 2 aromatic rings. The van der Waals surface area contributed by atoms with Gasteiger partial charge in [-0.05, 0) is 62.1 Å². The van der Waals surface area contributed by atoms with Crippen molar-refractivity contribution in [3.8, 4) is 11.1 Å². The molecule has 0 fully saturated rings. The zero-order valence-corrected chi connectivity index (χ0v) is 16.6. The van der Waals surface area contributed by atoms with Crippen molar-refractivity contribution in [1.29, 1.82) is 0 Å². The van der Waals surface area contributed by atoms with Crippen LogP contribution < -0.4 is 10.2 Å². The number of hydrogen-bond donors (Lipinski definition) is 1. The minimum atomic E-state index is -0.523. The molecule has 142 valence electrons. The number of aryl methyl sites for hydroxylation is 1. The molecule has 0 aliphatic carbocycles. The van der Waals surface area contributed by atoms with Gasteiger partial charge in [-0.15, -0.1) is 0 Å². The minimum Gasteiger partial charge on any atom is -0.444 e. The van der Waals surface area contributed by atoms with Crippen LogP contribution in [0.1, 0.15) is 44.4 Å². The van der Waals surface area contributed by atoms with Gasteiger partial charge in [0.1, 0.15) is 5.60 Å². The van der Waals surface area contributed by atoms with Crippen molar-refractivity contribution >= 4 is 17.7 Å². The first-order valence-electron chi connectivity index (χ1n) is 9.12. The number of fused-ring (bicyclic) bond motifs is 3. The van der Waals surface area contributed by atoms with E-state index in [1.807, 2.05) is 56.9 Å². The quantitative estimate of drug-likeness (QED) is 0.848. The second kappa shape index (κ2) is 7.06. The molecule has 27 heavy (non-hydrogen) atoms. The topological polar surface area (TPSA) is 58.6 Å². The van der Waals surface area contributed by atoms with Crippen LogP contribution in [-0.4, -0.2) is 17.6 Å². The fraction of sp³-hybridized carbons (Fsp3) is 0.364. The zero-order valence-electron chi connectivity index (χ0n) is 16.6. The lowest BCUT2D eigenvalue weighted by molar-refractivity contribution is -0.116. The summed E-state index contributed by atoms with van der Waals surface area (Å²) in [5, 5.41) is 2.81. The predicted octanol–water partition coefficient (Wildman–Crippen LogP) is 4.55. The van der Waals surface area contributed by atoms with Crippen LogP contribution in [0, 0.1) is 6.92 Å². The standard InChI is InChI=1S/C22H26N2O3/c1-14-10-16(12-23-21(26)27-22(3,4)5)11-18-17-8-6-7-9-20(17)24(15(2)25)13-19(14)18/h6-11H,12-13H2,1-5H3,(H,23,26). The Balaban J connectivity index is 1.91. The van der Waals surface area contributed by atoms with Crippen molar-refractivity contribution in [3.05, 3.63) is 53.1 Å². The number of rotatable bonds is 2. The maximum Gasteiger partial charge on any atom is 0.407 e.